The van der Waals surface area contributed by atoms with Crippen LogP contribution in [0, 0.1) is 0 Å². The van der Waals surface area contributed by atoms with Crippen molar-refractivity contribution in [3.63, 3.8) is 0 Å². The number of aliphatic hydroxyl groups excluding tert-OH is 4. The van der Waals surface area contributed by atoms with Gasteiger partial charge in [-0.2, -0.15) is 0 Å². The van der Waals surface area contributed by atoms with Crippen LogP contribution in [0.3, 0.4) is 0 Å². The average molecular weight is 320 g/mol. The molecule has 1 rings (SSSR count). The third-order valence-corrected chi connectivity index (χ3v) is 4.13. The van der Waals surface area contributed by atoms with E-state index in [4.69, 9.17) is 14.6 Å². The molecule has 1 unspecified atom stereocenters. The molecule has 0 spiro atoms. The second kappa shape index (κ2) is 11.3. The highest BCUT2D eigenvalue weighted by Gasteiger charge is 2.43. The van der Waals surface area contributed by atoms with E-state index in [2.05, 4.69) is 6.92 Å². The van der Waals surface area contributed by atoms with E-state index in [-0.39, 0.29) is 0 Å². The van der Waals surface area contributed by atoms with Gasteiger partial charge in [-0.25, -0.2) is 0 Å². The molecule has 4 N–H and O–H groups in total. The molecule has 22 heavy (non-hydrogen) atoms. The van der Waals surface area contributed by atoms with E-state index in [1.54, 1.807) is 0 Å². The van der Waals surface area contributed by atoms with Crippen molar-refractivity contribution >= 4 is 0 Å². The number of unbranched alkanes of at least 4 members (excludes halogenated alkanes) is 7. The number of aliphatic hydroxyl groups is 4. The monoisotopic (exact) mass is 320 g/mol. The van der Waals surface area contributed by atoms with Crippen molar-refractivity contribution in [2.24, 2.45) is 0 Å². The number of ether oxygens (including phenoxy) is 2. The summed E-state index contributed by atoms with van der Waals surface area (Å²) in [4.78, 5) is 0. The Kier molecular flexibility index (Phi) is 10.2. The normalized spacial score (nSPS) is 32.3. The first-order valence-corrected chi connectivity index (χ1v) is 8.54. The SMILES string of the molecule is CCCCCCCCCCOC1O[C@H](CO)[C@H](O)[C@@H](O)[C@H]1O. The molecule has 1 fully saturated rings. The molecule has 1 aliphatic heterocycles. The zero-order valence-corrected chi connectivity index (χ0v) is 13.6. The molecule has 1 aliphatic rings. The van der Waals surface area contributed by atoms with Gasteiger partial charge in [0, 0.05) is 6.61 Å². The van der Waals surface area contributed by atoms with Gasteiger partial charge in [0.1, 0.15) is 24.4 Å². The van der Waals surface area contributed by atoms with E-state index < -0.39 is 37.3 Å². The molecule has 1 heterocycles. The van der Waals surface area contributed by atoms with Crippen LogP contribution in [-0.4, -0.2) is 64.3 Å². The fourth-order valence-corrected chi connectivity index (χ4v) is 2.64. The van der Waals surface area contributed by atoms with Crippen molar-refractivity contribution in [3.05, 3.63) is 0 Å². The summed E-state index contributed by atoms with van der Waals surface area (Å²) in [5.74, 6) is 0. The number of hydrogen-bond donors (Lipinski definition) is 4. The molecular formula is C16H32O6. The number of hydrogen-bond acceptors (Lipinski definition) is 6. The van der Waals surface area contributed by atoms with E-state index >= 15 is 0 Å². The van der Waals surface area contributed by atoms with Crippen LogP contribution < -0.4 is 0 Å². The van der Waals surface area contributed by atoms with Crippen LogP contribution >= 0.6 is 0 Å². The highest BCUT2D eigenvalue weighted by molar-refractivity contribution is 4.88. The van der Waals surface area contributed by atoms with Gasteiger partial charge in [0.15, 0.2) is 6.29 Å². The highest BCUT2D eigenvalue weighted by atomic mass is 16.7. The van der Waals surface area contributed by atoms with Crippen LogP contribution in [0.5, 0.6) is 0 Å². The Bertz CT molecular complexity index is 273. The lowest BCUT2D eigenvalue weighted by Gasteiger charge is -2.39. The zero-order chi connectivity index (χ0) is 16.4. The molecule has 0 aromatic heterocycles. The Hall–Kier alpha value is -0.240. The quantitative estimate of drug-likeness (QED) is 0.423. The molecule has 0 aromatic carbocycles. The van der Waals surface area contributed by atoms with E-state index in [9.17, 15) is 15.3 Å². The van der Waals surface area contributed by atoms with Crippen LogP contribution in [0.4, 0.5) is 0 Å². The molecule has 5 atom stereocenters. The van der Waals surface area contributed by atoms with Crippen LogP contribution in [0.25, 0.3) is 0 Å². The van der Waals surface area contributed by atoms with Crippen LogP contribution in [0.2, 0.25) is 0 Å². The van der Waals surface area contributed by atoms with E-state index in [0.717, 1.165) is 12.8 Å². The van der Waals surface area contributed by atoms with Crippen molar-refractivity contribution in [1.82, 2.24) is 0 Å². The topological polar surface area (TPSA) is 99.4 Å². The van der Waals surface area contributed by atoms with Gasteiger partial charge < -0.3 is 29.9 Å². The third kappa shape index (κ3) is 6.48. The summed E-state index contributed by atoms with van der Waals surface area (Å²) in [6.45, 7) is 2.20. The predicted molar refractivity (Wildman–Crippen MR) is 82.3 cm³/mol. The summed E-state index contributed by atoms with van der Waals surface area (Å²) in [5.41, 5.74) is 0. The first kappa shape index (κ1) is 19.8. The van der Waals surface area contributed by atoms with Crippen LogP contribution in [0.1, 0.15) is 58.3 Å². The van der Waals surface area contributed by atoms with Crippen molar-refractivity contribution in [3.8, 4) is 0 Å². The van der Waals surface area contributed by atoms with Gasteiger partial charge in [-0.3, -0.25) is 0 Å². The number of rotatable bonds is 11. The standard InChI is InChI=1S/C16H32O6/c1-2-3-4-5-6-7-8-9-10-21-16-15(20)14(19)13(18)12(11-17)22-16/h12-20H,2-11H2,1H3/t12-,13+,14-,15-,16?/m1/s1. The second-order valence-corrected chi connectivity index (χ2v) is 6.04. The molecule has 1 saturated heterocycles. The molecular weight excluding hydrogens is 288 g/mol. The fraction of sp³-hybridized carbons (Fsp3) is 1.00. The Balaban J connectivity index is 2.11. The molecule has 6 heteroatoms. The Morgan fingerprint density at radius 2 is 1.41 bits per heavy atom. The summed E-state index contributed by atoms with van der Waals surface area (Å²) in [6.07, 6.45) is 3.58. The van der Waals surface area contributed by atoms with E-state index in [1.165, 1.54) is 38.5 Å². The lowest BCUT2D eigenvalue weighted by molar-refractivity contribution is -0.301. The van der Waals surface area contributed by atoms with Crippen molar-refractivity contribution < 1.29 is 29.9 Å². The summed E-state index contributed by atoms with van der Waals surface area (Å²) < 4.78 is 10.7. The van der Waals surface area contributed by atoms with Crippen LogP contribution in [-0.2, 0) is 9.47 Å². The second-order valence-electron chi connectivity index (χ2n) is 6.04. The molecule has 0 amide bonds. The highest BCUT2D eigenvalue weighted by Crippen LogP contribution is 2.22. The summed E-state index contributed by atoms with van der Waals surface area (Å²) >= 11 is 0. The van der Waals surface area contributed by atoms with Gasteiger partial charge in [0.05, 0.1) is 6.61 Å². The van der Waals surface area contributed by atoms with Gasteiger partial charge in [-0.05, 0) is 6.42 Å². The maximum absolute atomic E-state index is 9.80. The van der Waals surface area contributed by atoms with Crippen molar-refractivity contribution in [2.75, 3.05) is 13.2 Å². The van der Waals surface area contributed by atoms with E-state index in [0.29, 0.717) is 6.61 Å². The van der Waals surface area contributed by atoms with Crippen molar-refractivity contribution in [2.45, 2.75) is 89.0 Å². The lowest BCUT2D eigenvalue weighted by Crippen LogP contribution is -2.59. The van der Waals surface area contributed by atoms with Gasteiger partial charge in [0.25, 0.3) is 0 Å². The minimum Gasteiger partial charge on any atom is -0.394 e. The Morgan fingerprint density at radius 1 is 0.818 bits per heavy atom. The predicted octanol–water partition coefficient (Wildman–Crippen LogP) is 0.944. The lowest BCUT2D eigenvalue weighted by atomic mass is 9.99. The van der Waals surface area contributed by atoms with Gasteiger partial charge in [-0.15, -0.1) is 0 Å². The summed E-state index contributed by atoms with van der Waals surface area (Å²) in [7, 11) is 0. The Morgan fingerprint density at radius 3 is 2.00 bits per heavy atom. The minimum absolute atomic E-state index is 0.428. The van der Waals surface area contributed by atoms with Crippen molar-refractivity contribution in [1.29, 1.82) is 0 Å². The van der Waals surface area contributed by atoms with Gasteiger partial charge >= 0.3 is 0 Å². The summed E-state index contributed by atoms with van der Waals surface area (Å²) in [6, 6.07) is 0. The molecule has 0 saturated carbocycles. The molecule has 0 radical (unpaired) electrons. The Labute approximate surface area is 133 Å². The van der Waals surface area contributed by atoms with Gasteiger partial charge in [0.2, 0.25) is 0 Å². The molecule has 0 aromatic rings. The van der Waals surface area contributed by atoms with E-state index in [1.807, 2.05) is 0 Å². The third-order valence-electron chi connectivity index (χ3n) is 4.13. The largest absolute Gasteiger partial charge is 0.394 e. The zero-order valence-electron chi connectivity index (χ0n) is 13.6. The first-order chi connectivity index (χ1) is 10.6. The maximum atomic E-state index is 9.80. The molecule has 132 valence electrons. The molecule has 0 bridgehead atoms. The molecule has 6 nitrogen and oxygen atoms in total. The minimum atomic E-state index is -1.37. The smallest absolute Gasteiger partial charge is 0.186 e. The first-order valence-electron chi connectivity index (χ1n) is 8.54. The maximum Gasteiger partial charge on any atom is 0.186 e. The molecule has 0 aliphatic carbocycles. The van der Waals surface area contributed by atoms with Crippen LogP contribution in [0.15, 0.2) is 0 Å². The summed E-state index contributed by atoms with van der Waals surface area (Å²) in [5, 5.41) is 38.2. The fourth-order valence-electron chi connectivity index (χ4n) is 2.64. The average Bonchev–Trinajstić information content (AvgIpc) is 2.53. The van der Waals surface area contributed by atoms with Gasteiger partial charge in [-0.1, -0.05) is 51.9 Å².